The van der Waals surface area contributed by atoms with Gasteiger partial charge in [-0.3, -0.25) is 14.4 Å². The minimum absolute atomic E-state index is 0.0744. The molecule has 1 atom stereocenters. The Bertz CT molecular complexity index is 1310. The van der Waals surface area contributed by atoms with E-state index in [-0.39, 0.29) is 31.1 Å². The van der Waals surface area contributed by atoms with E-state index < -0.39 is 6.10 Å². The van der Waals surface area contributed by atoms with Gasteiger partial charge in [-0.05, 0) is 103 Å². The minimum Gasteiger partial charge on any atom is -0.462 e. The highest BCUT2D eigenvalue weighted by Gasteiger charge is 2.19. The fourth-order valence-corrected chi connectivity index (χ4v) is 9.94. The van der Waals surface area contributed by atoms with Gasteiger partial charge in [-0.1, -0.05) is 288 Å². The molecule has 0 aromatic heterocycles. The maximum absolute atomic E-state index is 12.9. The van der Waals surface area contributed by atoms with Gasteiger partial charge in [-0.25, -0.2) is 0 Å². The van der Waals surface area contributed by atoms with Crippen molar-refractivity contribution in [1.29, 1.82) is 0 Å². The molecular weight excluding hydrogens is 937 g/mol. The Balaban J connectivity index is 4.26. The standard InChI is InChI=1S/C70H128O6/c1-4-7-10-13-16-19-22-25-27-29-31-33-35-37-39-41-43-45-48-51-54-57-60-63-69(72)75-66-67(65-74-68(71)62-59-56-53-50-47-24-21-18-15-12-9-6-3)76-70(73)64-61-58-55-52-49-46-44-42-40-38-36-34-32-30-28-26-23-20-17-14-11-8-5-2/h18,21-22,25,29-32,67H,4-17,19-20,23-24,26-28,33-66H2,1-3H3/b21-18-,25-22-,31-29-,32-30-. The van der Waals surface area contributed by atoms with Crippen LogP contribution < -0.4 is 0 Å². The van der Waals surface area contributed by atoms with Gasteiger partial charge in [0.05, 0.1) is 0 Å². The molecule has 0 fully saturated rings. The summed E-state index contributed by atoms with van der Waals surface area (Å²) in [7, 11) is 0. The zero-order valence-corrected chi connectivity index (χ0v) is 51.0. The molecule has 0 bridgehead atoms. The van der Waals surface area contributed by atoms with Gasteiger partial charge < -0.3 is 14.2 Å². The molecule has 6 nitrogen and oxygen atoms in total. The Kier molecular flexibility index (Phi) is 62.6. The lowest BCUT2D eigenvalue weighted by Crippen LogP contribution is -2.30. The minimum atomic E-state index is -0.778. The van der Waals surface area contributed by atoms with Crippen LogP contribution in [-0.4, -0.2) is 37.2 Å². The average Bonchev–Trinajstić information content (AvgIpc) is 3.42. The first kappa shape index (κ1) is 73.4. The average molecular weight is 1070 g/mol. The third-order valence-electron chi connectivity index (χ3n) is 15.0. The molecule has 0 aromatic rings. The lowest BCUT2D eigenvalue weighted by atomic mass is 10.0. The molecule has 0 aliphatic heterocycles. The van der Waals surface area contributed by atoms with Crippen LogP contribution in [0.2, 0.25) is 0 Å². The molecule has 1 unspecified atom stereocenters. The largest absolute Gasteiger partial charge is 0.462 e. The molecule has 0 amide bonds. The Hall–Kier alpha value is -2.63. The molecule has 0 radical (unpaired) electrons. The smallest absolute Gasteiger partial charge is 0.306 e. The van der Waals surface area contributed by atoms with Crippen molar-refractivity contribution < 1.29 is 28.6 Å². The Labute approximate surface area is 473 Å². The summed E-state index contributed by atoms with van der Waals surface area (Å²) in [4.78, 5) is 38.3. The van der Waals surface area contributed by atoms with Crippen molar-refractivity contribution in [2.75, 3.05) is 13.2 Å². The molecule has 0 aromatic carbocycles. The molecule has 0 aliphatic rings. The first-order chi connectivity index (χ1) is 37.5. The monoisotopic (exact) mass is 1060 g/mol. The van der Waals surface area contributed by atoms with Gasteiger partial charge in [0.25, 0.3) is 0 Å². The van der Waals surface area contributed by atoms with Crippen LogP contribution in [-0.2, 0) is 28.6 Å². The summed E-state index contributed by atoms with van der Waals surface area (Å²) in [6, 6.07) is 0. The summed E-state index contributed by atoms with van der Waals surface area (Å²) in [6.45, 7) is 6.65. The van der Waals surface area contributed by atoms with Crippen LogP contribution in [0.3, 0.4) is 0 Å². The number of unbranched alkanes of at least 4 members (excludes halogenated alkanes) is 43. The van der Waals surface area contributed by atoms with Gasteiger partial charge in [0.1, 0.15) is 13.2 Å². The van der Waals surface area contributed by atoms with Crippen LogP contribution in [0.15, 0.2) is 48.6 Å². The van der Waals surface area contributed by atoms with Crippen LogP contribution >= 0.6 is 0 Å². The third-order valence-corrected chi connectivity index (χ3v) is 15.0. The number of esters is 3. The van der Waals surface area contributed by atoms with Crippen molar-refractivity contribution in [3.8, 4) is 0 Å². The fourth-order valence-electron chi connectivity index (χ4n) is 9.94. The number of carbonyl (C=O) groups is 3. The molecule has 0 aliphatic carbocycles. The van der Waals surface area contributed by atoms with Crippen molar-refractivity contribution in [3.63, 3.8) is 0 Å². The zero-order valence-electron chi connectivity index (χ0n) is 51.0. The van der Waals surface area contributed by atoms with Crippen molar-refractivity contribution in [1.82, 2.24) is 0 Å². The first-order valence-electron chi connectivity index (χ1n) is 33.6. The highest BCUT2D eigenvalue weighted by atomic mass is 16.6. The number of carbonyl (C=O) groups excluding carboxylic acids is 3. The highest BCUT2D eigenvalue weighted by molar-refractivity contribution is 5.71. The zero-order chi connectivity index (χ0) is 55.0. The van der Waals surface area contributed by atoms with Crippen molar-refractivity contribution in [3.05, 3.63) is 48.6 Å². The van der Waals surface area contributed by atoms with Gasteiger partial charge >= 0.3 is 17.9 Å². The van der Waals surface area contributed by atoms with Crippen LogP contribution in [0.1, 0.15) is 361 Å². The first-order valence-corrected chi connectivity index (χ1v) is 33.6. The molecule has 0 heterocycles. The number of ether oxygens (including phenoxy) is 3. The SMILES string of the molecule is CCCCC/C=C\CCCCCCCC(=O)OCC(COC(=O)CCCCCCCCCCCCC/C=C\C/C=C\CCCCCCC)OC(=O)CCCCCCCCCCCCC/C=C\CCCCCCCCCC. The van der Waals surface area contributed by atoms with Crippen LogP contribution in [0.25, 0.3) is 0 Å². The Morgan fingerprint density at radius 3 is 0.763 bits per heavy atom. The van der Waals surface area contributed by atoms with Gasteiger partial charge in [0.15, 0.2) is 6.10 Å². The van der Waals surface area contributed by atoms with E-state index in [1.54, 1.807) is 0 Å². The lowest BCUT2D eigenvalue weighted by molar-refractivity contribution is -0.167. The van der Waals surface area contributed by atoms with Crippen LogP contribution in [0, 0.1) is 0 Å². The van der Waals surface area contributed by atoms with E-state index in [1.165, 1.54) is 250 Å². The summed E-state index contributed by atoms with van der Waals surface area (Å²) in [5.74, 6) is -0.866. The van der Waals surface area contributed by atoms with E-state index in [1.807, 2.05) is 0 Å². The lowest BCUT2D eigenvalue weighted by Gasteiger charge is -2.18. The normalized spacial score (nSPS) is 12.3. The predicted molar refractivity (Wildman–Crippen MR) is 330 cm³/mol. The van der Waals surface area contributed by atoms with Crippen molar-refractivity contribution in [2.45, 2.75) is 367 Å². The summed E-state index contributed by atoms with van der Waals surface area (Å²) >= 11 is 0. The second-order valence-electron chi connectivity index (χ2n) is 22.7. The molecule has 0 saturated heterocycles. The van der Waals surface area contributed by atoms with Gasteiger partial charge in [-0.2, -0.15) is 0 Å². The third kappa shape index (κ3) is 62.2. The fraction of sp³-hybridized carbons (Fsp3) is 0.843. The second kappa shape index (κ2) is 64.9. The molecule has 0 spiro atoms. The number of allylic oxidation sites excluding steroid dienone is 8. The topological polar surface area (TPSA) is 78.9 Å². The van der Waals surface area contributed by atoms with E-state index in [9.17, 15) is 14.4 Å². The maximum atomic E-state index is 12.9. The van der Waals surface area contributed by atoms with Crippen molar-refractivity contribution in [2.24, 2.45) is 0 Å². The second-order valence-corrected chi connectivity index (χ2v) is 22.7. The predicted octanol–water partition coefficient (Wildman–Crippen LogP) is 22.9. The summed E-state index contributed by atoms with van der Waals surface area (Å²) in [6.07, 6.45) is 81.3. The molecule has 444 valence electrons. The summed E-state index contributed by atoms with van der Waals surface area (Å²) in [5.41, 5.74) is 0. The molecule has 0 saturated carbocycles. The maximum Gasteiger partial charge on any atom is 0.306 e. The molecule has 0 rings (SSSR count). The van der Waals surface area contributed by atoms with Gasteiger partial charge in [0.2, 0.25) is 0 Å². The number of rotatable bonds is 62. The Morgan fingerprint density at radius 2 is 0.474 bits per heavy atom. The van der Waals surface area contributed by atoms with E-state index in [2.05, 4.69) is 69.4 Å². The van der Waals surface area contributed by atoms with E-state index in [0.717, 1.165) is 70.6 Å². The highest BCUT2D eigenvalue weighted by Crippen LogP contribution is 2.17. The molecule has 0 N–H and O–H groups in total. The Morgan fingerprint density at radius 1 is 0.263 bits per heavy atom. The number of hydrogen-bond acceptors (Lipinski definition) is 6. The van der Waals surface area contributed by atoms with Crippen molar-refractivity contribution >= 4 is 17.9 Å². The van der Waals surface area contributed by atoms with E-state index in [4.69, 9.17) is 14.2 Å². The molecule has 6 heteroatoms. The number of hydrogen-bond donors (Lipinski definition) is 0. The summed E-state index contributed by atoms with van der Waals surface area (Å²) in [5, 5.41) is 0. The van der Waals surface area contributed by atoms with Crippen LogP contribution in [0.5, 0.6) is 0 Å². The van der Waals surface area contributed by atoms with Crippen LogP contribution in [0.4, 0.5) is 0 Å². The quantitative estimate of drug-likeness (QED) is 0.0261. The molecule has 76 heavy (non-hydrogen) atoms. The van der Waals surface area contributed by atoms with E-state index >= 15 is 0 Å². The van der Waals surface area contributed by atoms with E-state index in [0.29, 0.717) is 19.3 Å². The summed E-state index contributed by atoms with van der Waals surface area (Å²) < 4.78 is 16.9. The van der Waals surface area contributed by atoms with Gasteiger partial charge in [-0.15, -0.1) is 0 Å². The van der Waals surface area contributed by atoms with Gasteiger partial charge in [0, 0.05) is 19.3 Å². The molecular formula is C70H128O6.